The Bertz CT molecular complexity index is 1330. The van der Waals surface area contributed by atoms with Gasteiger partial charge in [0.15, 0.2) is 15.5 Å². The molecule has 7 atom stereocenters. The monoisotopic (exact) mass is 548 g/mol. The fourth-order valence-electron chi connectivity index (χ4n) is 6.89. The smallest absolute Gasteiger partial charge is 0.325 e. The number of thiazole rings is 1. The van der Waals surface area contributed by atoms with Crippen LogP contribution < -0.4 is 9.47 Å². The molecule has 2 aliphatic carbocycles. The quantitative estimate of drug-likeness (QED) is 0.330. The van der Waals surface area contributed by atoms with E-state index in [0.717, 1.165) is 26.8 Å². The summed E-state index contributed by atoms with van der Waals surface area (Å²) in [7, 11) is 4.23. The maximum atomic E-state index is 13.4. The van der Waals surface area contributed by atoms with Gasteiger partial charge in [-0.25, -0.2) is 0 Å². The van der Waals surface area contributed by atoms with Crippen LogP contribution in [0.3, 0.4) is 0 Å². The molecule has 3 fully saturated rings. The molecule has 1 saturated heterocycles. The fraction of sp³-hybridized carbons (Fsp3) is 0.500. The molecule has 6 rings (SSSR count). The molecule has 7 unspecified atom stereocenters. The zero-order valence-electron chi connectivity index (χ0n) is 19.7. The minimum Gasteiger partial charge on any atom is -0.502 e. The van der Waals surface area contributed by atoms with Crippen molar-refractivity contribution in [2.45, 2.75) is 22.6 Å². The molecule has 9 nitrogen and oxygen atoms in total. The highest BCUT2D eigenvalue weighted by Gasteiger charge is 2.69. The molecule has 1 aromatic carbocycles. The van der Waals surface area contributed by atoms with Gasteiger partial charge in [0, 0.05) is 16.0 Å². The van der Waals surface area contributed by atoms with Crippen LogP contribution in [0, 0.1) is 33.5 Å². The van der Waals surface area contributed by atoms with Crippen molar-refractivity contribution < 1.29 is 33.7 Å². The van der Waals surface area contributed by atoms with Crippen molar-refractivity contribution in [1.82, 2.24) is 9.88 Å². The summed E-state index contributed by atoms with van der Waals surface area (Å²) in [5, 5.41) is 11.6. The van der Waals surface area contributed by atoms with Crippen molar-refractivity contribution in [3.8, 4) is 17.2 Å². The number of rotatable bonds is 5. The van der Waals surface area contributed by atoms with E-state index >= 15 is 0 Å². The van der Waals surface area contributed by atoms with Crippen LogP contribution in [0.2, 0.25) is 0 Å². The lowest BCUT2D eigenvalue weighted by Gasteiger charge is -2.43. The van der Waals surface area contributed by atoms with E-state index in [-0.39, 0.29) is 53.0 Å². The summed E-state index contributed by atoms with van der Waals surface area (Å²) in [6.45, 7) is -0.348. The van der Waals surface area contributed by atoms with E-state index in [2.05, 4.69) is 4.98 Å². The predicted octanol–water partition coefficient (Wildman–Crippen LogP) is 3.17. The molecule has 2 N–H and O–H groups in total. The Hall–Kier alpha value is -2.57. The molecule has 3 heterocycles. The number of nitrogens with zero attached hydrogens (tertiary/aromatic N) is 1. The summed E-state index contributed by atoms with van der Waals surface area (Å²) in [6, 6.07) is 3.63. The Labute approximate surface area is 220 Å². The van der Waals surface area contributed by atoms with E-state index in [1.165, 1.54) is 32.7 Å². The van der Waals surface area contributed by atoms with Crippen LogP contribution in [0.25, 0.3) is 0 Å². The van der Waals surface area contributed by atoms with Gasteiger partial charge >= 0.3 is 5.97 Å². The number of phenolic OH excluding ortho intramolecular Hbond substituents is 1. The first-order chi connectivity index (χ1) is 17.3. The van der Waals surface area contributed by atoms with Gasteiger partial charge in [0.05, 0.1) is 38.2 Å². The molecule has 12 heteroatoms. The van der Waals surface area contributed by atoms with Crippen LogP contribution in [0.15, 0.2) is 17.2 Å². The van der Waals surface area contributed by atoms with Crippen LogP contribution in [-0.4, -0.2) is 65.9 Å². The first-order valence-corrected chi connectivity index (χ1v) is 13.7. The van der Waals surface area contributed by atoms with Gasteiger partial charge in [-0.15, -0.1) is 23.1 Å². The molecule has 4 aliphatic rings. The number of aromatic amines is 1. The number of thioether (sulfide) groups is 1. The summed E-state index contributed by atoms with van der Waals surface area (Å²) in [6.07, 6.45) is 0.778. The third kappa shape index (κ3) is 3.20. The number of aromatic hydroxyl groups is 1. The zero-order chi connectivity index (χ0) is 25.5. The van der Waals surface area contributed by atoms with Gasteiger partial charge in [0.25, 0.3) is 0 Å². The second kappa shape index (κ2) is 8.49. The number of hydrogen-bond donors (Lipinski definition) is 2. The number of methoxy groups -OCH3 is 3. The number of aromatic nitrogens is 1. The van der Waals surface area contributed by atoms with Crippen molar-refractivity contribution >= 4 is 53.1 Å². The summed E-state index contributed by atoms with van der Waals surface area (Å²) in [5.41, 5.74) is 0.899. The highest BCUT2D eigenvalue weighted by molar-refractivity contribution is 8.00. The Kier molecular flexibility index (Phi) is 5.61. The highest BCUT2D eigenvalue weighted by Crippen LogP contribution is 2.69. The predicted molar refractivity (Wildman–Crippen MR) is 133 cm³/mol. The van der Waals surface area contributed by atoms with Crippen LogP contribution in [0.1, 0.15) is 22.8 Å². The van der Waals surface area contributed by atoms with E-state index < -0.39 is 17.8 Å². The van der Waals surface area contributed by atoms with Gasteiger partial charge in [-0.3, -0.25) is 19.3 Å². The van der Waals surface area contributed by atoms with Crippen molar-refractivity contribution in [3.05, 3.63) is 26.5 Å². The molecule has 190 valence electrons. The minimum absolute atomic E-state index is 0.00697. The number of likely N-dealkylation sites (tertiary alicyclic amines) is 1. The van der Waals surface area contributed by atoms with Crippen LogP contribution >= 0.6 is 35.3 Å². The number of ether oxygens (including phenoxy) is 3. The third-order valence-corrected chi connectivity index (χ3v) is 11.1. The molecular formula is C24H24N2O7S3. The first kappa shape index (κ1) is 23.8. The highest BCUT2D eigenvalue weighted by atomic mass is 32.2. The Morgan fingerprint density at radius 3 is 2.39 bits per heavy atom. The average Bonchev–Trinajstić information content (AvgIpc) is 3.59. The number of carbonyl (C=O) groups is 3. The number of esters is 1. The molecule has 2 saturated carbocycles. The van der Waals surface area contributed by atoms with Crippen LogP contribution in [0.4, 0.5) is 0 Å². The zero-order valence-corrected chi connectivity index (χ0v) is 22.1. The molecule has 2 bridgehead atoms. The number of H-pyrrole nitrogens is 1. The molecule has 0 radical (unpaired) electrons. The Balaban J connectivity index is 1.46. The van der Waals surface area contributed by atoms with Gasteiger partial charge in [0.2, 0.25) is 17.6 Å². The van der Waals surface area contributed by atoms with Gasteiger partial charge < -0.3 is 24.3 Å². The van der Waals surface area contributed by atoms with Crippen molar-refractivity contribution in [2.24, 2.45) is 29.6 Å². The van der Waals surface area contributed by atoms with Crippen LogP contribution in [0.5, 0.6) is 17.2 Å². The lowest BCUT2D eigenvalue weighted by atomic mass is 9.68. The van der Waals surface area contributed by atoms with E-state index in [1.54, 1.807) is 11.8 Å². The van der Waals surface area contributed by atoms with Crippen molar-refractivity contribution in [3.63, 3.8) is 0 Å². The Morgan fingerprint density at radius 1 is 1.14 bits per heavy atom. The van der Waals surface area contributed by atoms with E-state index in [0.29, 0.717) is 15.5 Å². The number of carbonyl (C=O) groups excluding carboxylic acids is 3. The number of hydrogen-bond acceptors (Lipinski definition) is 10. The molecule has 0 spiro atoms. The summed E-state index contributed by atoms with van der Waals surface area (Å²) in [4.78, 5) is 44.2. The number of nitrogens with one attached hydrogen (secondary N) is 1. The van der Waals surface area contributed by atoms with Gasteiger partial charge in [-0.2, -0.15) is 0 Å². The maximum Gasteiger partial charge on any atom is 0.325 e. The number of benzene rings is 1. The standard InChI is InChI=1S/C24H24N2O7S3/c1-31-11-4-8(5-12(32-2)18(11)28)14-15-9-6-10(19(15)35-21-20(14)36-24(34)25-21)17-16(9)22(29)26(23(17)30)7-13(27)33-3/h4-5,9-10,14-17,19,28H,6-7H2,1-3H3,(H,25,34). The minimum atomic E-state index is -0.605. The second-order valence-corrected chi connectivity index (χ2v) is 12.5. The van der Waals surface area contributed by atoms with Gasteiger partial charge in [-0.05, 0) is 54.1 Å². The summed E-state index contributed by atoms with van der Waals surface area (Å²) < 4.78 is 16.3. The third-order valence-electron chi connectivity index (χ3n) is 8.19. The molecule has 2 amide bonds. The largest absolute Gasteiger partial charge is 0.502 e. The molecule has 36 heavy (non-hydrogen) atoms. The fourth-order valence-corrected chi connectivity index (χ4v) is 10.2. The van der Waals surface area contributed by atoms with E-state index in [1.807, 2.05) is 12.1 Å². The van der Waals surface area contributed by atoms with Gasteiger partial charge in [-0.1, -0.05) is 0 Å². The molecular weight excluding hydrogens is 524 g/mol. The van der Waals surface area contributed by atoms with Crippen molar-refractivity contribution in [1.29, 1.82) is 0 Å². The SMILES string of the molecule is COC(=O)CN1C(=O)C2C3CC(C2C1=O)C1C(c2cc(OC)c(O)c(OC)c2)c2sc(=S)[nH]c2SC31. The van der Waals surface area contributed by atoms with E-state index in [9.17, 15) is 19.5 Å². The molecule has 2 aromatic rings. The number of imide groups is 1. The van der Waals surface area contributed by atoms with E-state index in [4.69, 9.17) is 26.4 Å². The number of amides is 2. The number of phenols is 1. The first-order valence-electron chi connectivity index (χ1n) is 11.6. The molecule has 1 aromatic heterocycles. The summed E-state index contributed by atoms with van der Waals surface area (Å²) >= 11 is 8.71. The van der Waals surface area contributed by atoms with Crippen molar-refractivity contribution in [2.75, 3.05) is 27.9 Å². The normalized spacial score (nSPS) is 31.8. The van der Waals surface area contributed by atoms with Crippen LogP contribution in [-0.2, 0) is 19.1 Å². The summed E-state index contributed by atoms with van der Waals surface area (Å²) in [5.74, 6) is -1.58. The second-order valence-electron chi connectivity index (χ2n) is 9.57. The number of fused-ring (bicyclic) bond motifs is 9. The maximum absolute atomic E-state index is 13.4. The van der Waals surface area contributed by atoms with Gasteiger partial charge in [0.1, 0.15) is 6.54 Å². The lowest BCUT2D eigenvalue weighted by molar-refractivity contribution is -0.151. The topological polar surface area (TPSA) is 118 Å². The lowest BCUT2D eigenvalue weighted by Crippen LogP contribution is -2.42. The molecule has 2 aliphatic heterocycles. The Morgan fingerprint density at radius 2 is 1.78 bits per heavy atom. The average molecular weight is 549 g/mol.